The molecule has 1 aromatic heterocycles. The second-order valence-electron chi connectivity index (χ2n) is 8.67. The standard InChI is InChI=1S/C28H27NO3/c30-24-16-9-10-20(19-24)18-23-15-7-8-17-28(23,31)27-29-25(21-11-3-1-4-12-21)26(32-27)22-13-5-2-6-14-22/h1-6,9-14,16,19,23,30-31H,7-8,15,17-18H2/t23-,28-/m1/s1. The van der Waals surface area contributed by atoms with E-state index in [1.54, 1.807) is 12.1 Å². The topological polar surface area (TPSA) is 66.5 Å². The zero-order chi connectivity index (χ0) is 22.0. The number of nitrogens with zero attached hydrogens (tertiary/aromatic N) is 1. The molecule has 32 heavy (non-hydrogen) atoms. The molecule has 0 radical (unpaired) electrons. The van der Waals surface area contributed by atoms with Gasteiger partial charge in [-0.2, -0.15) is 0 Å². The van der Waals surface area contributed by atoms with Crippen LogP contribution in [0.1, 0.15) is 37.1 Å². The first-order chi connectivity index (χ1) is 15.6. The summed E-state index contributed by atoms with van der Waals surface area (Å²) in [6, 6.07) is 27.2. The van der Waals surface area contributed by atoms with Crippen molar-refractivity contribution in [1.29, 1.82) is 0 Å². The molecule has 1 heterocycles. The third kappa shape index (κ3) is 3.94. The Bertz CT molecular complexity index is 1130. The molecule has 162 valence electrons. The average Bonchev–Trinajstić information content (AvgIpc) is 3.28. The number of aromatic nitrogens is 1. The number of rotatable bonds is 5. The van der Waals surface area contributed by atoms with E-state index >= 15 is 0 Å². The number of aliphatic hydroxyl groups is 1. The van der Waals surface area contributed by atoms with E-state index in [0.717, 1.165) is 41.6 Å². The summed E-state index contributed by atoms with van der Waals surface area (Å²) in [7, 11) is 0. The lowest BCUT2D eigenvalue weighted by molar-refractivity contribution is -0.0742. The Labute approximate surface area is 188 Å². The highest BCUT2D eigenvalue weighted by Gasteiger charge is 2.45. The lowest BCUT2D eigenvalue weighted by Gasteiger charge is -2.37. The van der Waals surface area contributed by atoms with Crippen LogP contribution >= 0.6 is 0 Å². The first-order valence-electron chi connectivity index (χ1n) is 11.3. The first-order valence-corrected chi connectivity index (χ1v) is 11.3. The van der Waals surface area contributed by atoms with Gasteiger partial charge in [0.2, 0.25) is 5.89 Å². The molecule has 0 amide bonds. The summed E-state index contributed by atoms with van der Waals surface area (Å²) in [6.45, 7) is 0. The van der Waals surface area contributed by atoms with Crippen LogP contribution in [-0.4, -0.2) is 15.2 Å². The zero-order valence-electron chi connectivity index (χ0n) is 17.9. The summed E-state index contributed by atoms with van der Waals surface area (Å²) >= 11 is 0. The van der Waals surface area contributed by atoms with Gasteiger partial charge in [0.05, 0.1) is 0 Å². The van der Waals surface area contributed by atoms with Crippen molar-refractivity contribution in [1.82, 2.24) is 4.98 Å². The van der Waals surface area contributed by atoms with Crippen LogP contribution in [0.15, 0.2) is 89.3 Å². The van der Waals surface area contributed by atoms with Gasteiger partial charge in [-0.3, -0.25) is 0 Å². The molecule has 1 aliphatic carbocycles. The number of oxazole rings is 1. The fourth-order valence-electron chi connectivity index (χ4n) is 4.83. The van der Waals surface area contributed by atoms with Crippen LogP contribution in [0.5, 0.6) is 5.75 Å². The van der Waals surface area contributed by atoms with E-state index in [1.807, 2.05) is 72.8 Å². The molecule has 1 fully saturated rings. The minimum absolute atomic E-state index is 0.0380. The van der Waals surface area contributed by atoms with Crippen molar-refractivity contribution in [2.75, 3.05) is 0 Å². The van der Waals surface area contributed by atoms with Crippen molar-refractivity contribution >= 4 is 0 Å². The minimum Gasteiger partial charge on any atom is -0.508 e. The van der Waals surface area contributed by atoms with Crippen molar-refractivity contribution in [2.24, 2.45) is 5.92 Å². The normalized spacial score (nSPS) is 20.8. The maximum absolute atomic E-state index is 11.9. The van der Waals surface area contributed by atoms with Crippen molar-refractivity contribution in [3.8, 4) is 28.3 Å². The number of benzene rings is 3. The van der Waals surface area contributed by atoms with E-state index in [2.05, 4.69) is 0 Å². The molecule has 0 bridgehead atoms. The van der Waals surface area contributed by atoms with E-state index < -0.39 is 5.60 Å². The molecule has 4 nitrogen and oxygen atoms in total. The number of phenolic OH excluding ortho intramolecular Hbond substituents is 1. The third-order valence-electron chi connectivity index (χ3n) is 6.51. The summed E-state index contributed by atoms with van der Waals surface area (Å²) in [5.41, 5.74) is 2.51. The Morgan fingerprint density at radius 2 is 1.59 bits per heavy atom. The molecule has 0 spiro atoms. The quantitative estimate of drug-likeness (QED) is 0.392. The smallest absolute Gasteiger partial charge is 0.227 e. The molecular weight excluding hydrogens is 398 g/mol. The van der Waals surface area contributed by atoms with Crippen LogP contribution in [0, 0.1) is 5.92 Å². The number of aromatic hydroxyl groups is 1. The van der Waals surface area contributed by atoms with E-state index in [-0.39, 0.29) is 11.7 Å². The van der Waals surface area contributed by atoms with E-state index in [4.69, 9.17) is 9.40 Å². The number of hydrogen-bond donors (Lipinski definition) is 2. The Morgan fingerprint density at radius 3 is 2.31 bits per heavy atom. The molecule has 4 heteroatoms. The SMILES string of the molecule is Oc1cccc(C[C@H]2CCCC[C@]2(O)c2nc(-c3ccccc3)c(-c3ccccc3)o2)c1. The van der Waals surface area contributed by atoms with Gasteiger partial charge >= 0.3 is 0 Å². The van der Waals surface area contributed by atoms with Gasteiger partial charge in [0.25, 0.3) is 0 Å². The van der Waals surface area contributed by atoms with Gasteiger partial charge in [-0.1, -0.05) is 85.6 Å². The number of phenols is 1. The second-order valence-corrected chi connectivity index (χ2v) is 8.67. The number of hydrogen-bond acceptors (Lipinski definition) is 4. The predicted molar refractivity (Wildman–Crippen MR) is 125 cm³/mol. The highest BCUT2D eigenvalue weighted by molar-refractivity contribution is 5.76. The summed E-state index contributed by atoms with van der Waals surface area (Å²) in [5, 5.41) is 21.8. The Balaban J connectivity index is 1.58. The summed E-state index contributed by atoms with van der Waals surface area (Å²) < 4.78 is 6.38. The van der Waals surface area contributed by atoms with Crippen molar-refractivity contribution < 1.29 is 14.6 Å². The molecule has 4 aromatic rings. The highest BCUT2D eigenvalue weighted by Crippen LogP contribution is 2.45. The van der Waals surface area contributed by atoms with Crippen LogP contribution in [0.3, 0.4) is 0 Å². The molecule has 0 saturated heterocycles. The second kappa shape index (κ2) is 8.64. The van der Waals surface area contributed by atoms with Gasteiger partial charge in [0, 0.05) is 17.0 Å². The van der Waals surface area contributed by atoms with Crippen LogP contribution in [0.2, 0.25) is 0 Å². The van der Waals surface area contributed by atoms with Gasteiger partial charge in [-0.05, 0) is 37.0 Å². The van der Waals surface area contributed by atoms with E-state index in [0.29, 0.717) is 24.5 Å². The Hall–Kier alpha value is -3.37. The average molecular weight is 426 g/mol. The first kappa shape index (κ1) is 20.5. The van der Waals surface area contributed by atoms with Crippen LogP contribution in [0.4, 0.5) is 0 Å². The van der Waals surface area contributed by atoms with Crippen LogP contribution in [0.25, 0.3) is 22.6 Å². The van der Waals surface area contributed by atoms with Crippen molar-refractivity contribution in [3.63, 3.8) is 0 Å². The Morgan fingerprint density at radius 1 is 0.875 bits per heavy atom. The fourth-order valence-corrected chi connectivity index (χ4v) is 4.83. The van der Waals surface area contributed by atoms with Gasteiger partial charge in [-0.15, -0.1) is 0 Å². The summed E-state index contributed by atoms with van der Waals surface area (Å²) in [4.78, 5) is 4.90. The third-order valence-corrected chi connectivity index (χ3v) is 6.51. The monoisotopic (exact) mass is 425 g/mol. The van der Waals surface area contributed by atoms with E-state index in [1.165, 1.54) is 0 Å². The predicted octanol–water partition coefficient (Wildman–Crippen LogP) is 6.33. The zero-order valence-corrected chi connectivity index (χ0v) is 17.9. The highest BCUT2D eigenvalue weighted by atomic mass is 16.4. The van der Waals surface area contributed by atoms with Gasteiger partial charge < -0.3 is 14.6 Å². The van der Waals surface area contributed by atoms with Crippen molar-refractivity contribution in [2.45, 2.75) is 37.7 Å². The lowest BCUT2D eigenvalue weighted by Crippen LogP contribution is -2.39. The Kier molecular flexibility index (Phi) is 5.54. The maximum Gasteiger partial charge on any atom is 0.227 e. The van der Waals surface area contributed by atoms with Crippen molar-refractivity contribution in [3.05, 3.63) is 96.4 Å². The van der Waals surface area contributed by atoms with Gasteiger partial charge in [0.1, 0.15) is 17.0 Å². The fraction of sp³-hybridized carbons (Fsp3) is 0.250. The van der Waals surface area contributed by atoms with Crippen LogP contribution in [-0.2, 0) is 12.0 Å². The molecule has 1 saturated carbocycles. The molecular formula is C28H27NO3. The van der Waals surface area contributed by atoms with Gasteiger partial charge in [0.15, 0.2) is 5.76 Å². The molecule has 1 aliphatic rings. The van der Waals surface area contributed by atoms with E-state index in [9.17, 15) is 10.2 Å². The molecule has 3 aromatic carbocycles. The maximum atomic E-state index is 11.9. The molecule has 2 N–H and O–H groups in total. The van der Waals surface area contributed by atoms with Crippen LogP contribution < -0.4 is 0 Å². The molecule has 0 unspecified atom stereocenters. The molecule has 2 atom stereocenters. The molecule has 5 rings (SSSR count). The lowest BCUT2D eigenvalue weighted by atomic mass is 9.72. The summed E-state index contributed by atoms with van der Waals surface area (Å²) in [6.07, 6.45) is 4.14. The minimum atomic E-state index is -1.15. The van der Waals surface area contributed by atoms with Gasteiger partial charge in [-0.25, -0.2) is 4.98 Å². The molecule has 0 aliphatic heterocycles. The largest absolute Gasteiger partial charge is 0.508 e. The summed E-state index contributed by atoms with van der Waals surface area (Å²) in [5.74, 6) is 1.28.